The van der Waals surface area contributed by atoms with Crippen LogP contribution >= 0.6 is 0 Å². The van der Waals surface area contributed by atoms with Gasteiger partial charge in [-0.1, -0.05) is 0 Å². The van der Waals surface area contributed by atoms with Crippen molar-refractivity contribution in [1.82, 2.24) is 19.4 Å². The smallest absolute Gasteiger partial charge is 0.201 e. The molecule has 2 aromatic rings. The molecule has 2 N–H and O–H groups in total. The number of halogens is 1. The normalized spacial score (nSPS) is 21.6. The number of nitrogen functional groups attached to an aromatic ring is 1. The average Bonchev–Trinajstić information content (AvgIpc) is 2.69. The predicted octanol–water partition coefficient (Wildman–Crippen LogP) is 1.00. The second-order valence-electron chi connectivity index (χ2n) is 5.61. The van der Waals surface area contributed by atoms with Crippen molar-refractivity contribution in [3.05, 3.63) is 24.0 Å². The minimum absolute atomic E-state index is 0.281. The van der Waals surface area contributed by atoms with Gasteiger partial charge in [-0.2, -0.15) is 0 Å². The van der Waals surface area contributed by atoms with Crippen LogP contribution in [0.1, 0.15) is 0 Å². The third-order valence-corrected chi connectivity index (χ3v) is 4.11. The molecule has 0 bridgehead atoms. The van der Waals surface area contributed by atoms with Crippen molar-refractivity contribution in [2.75, 3.05) is 39.5 Å². The zero-order valence-corrected chi connectivity index (χ0v) is 11.9. The highest BCUT2D eigenvalue weighted by atomic mass is 19.1. The highest BCUT2D eigenvalue weighted by Crippen LogP contribution is 2.21. The lowest BCUT2D eigenvalue weighted by Gasteiger charge is -2.38. The summed E-state index contributed by atoms with van der Waals surface area (Å²) in [7, 11) is 4.26. The Balaban J connectivity index is 1.92. The number of aromatic nitrogens is 2. The van der Waals surface area contributed by atoms with E-state index in [9.17, 15) is 4.39 Å². The number of anilines is 1. The van der Waals surface area contributed by atoms with Gasteiger partial charge in [0.25, 0.3) is 0 Å². The zero-order chi connectivity index (χ0) is 14.3. The number of piperazine rings is 1. The van der Waals surface area contributed by atoms with E-state index in [1.165, 1.54) is 12.1 Å². The molecule has 6 heteroatoms. The minimum Gasteiger partial charge on any atom is -0.369 e. The number of rotatable bonds is 2. The maximum Gasteiger partial charge on any atom is 0.201 e. The van der Waals surface area contributed by atoms with E-state index in [0.717, 1.165) is 31.7 Å². The van der Waals surface area contributed by atoms with Gasteiger partial charge in [0.1, 0.15) is 5.82 Å². The summed E-state index contributed by atoms with van der Waals surface area (Å²) in [6.45, 7) is 3.90. The van der Waals surface area contributed by atoms with Crippen LogP contribution in [-0.2, 0) is 6.54 Å². The van der Waals surface area contributed by atoms with Gasteiger partial charge in [-0.05, 0) is 26.2 Å². The van der Waals surface area contributed by atoms with E-state index >= 15 is 0 Å². The molecule has 5 nitrogen and oxygen atoms in total. The molecule has 0 aliphatic carbocycles. The van der Waals surface area contributed by atoms with Gasteiger partial charge in [-0.15, -0.1) is 0 Å². The van der Waals surface area contributed by atoms with Crippen LogP contribution < -0.4 is 5.73 Å². The van der Waals surface area contributed by atoms with Crippen LogP contribution in [0, 0.1) is 5.82 Å². The van der Waals surface area contributed by atoms with Gasteiger partial charge in [0.15, 0.2) is 0 Å². The Labute approximate surface area is 117 Å². The molecule has 20 heavy (non-hydrogen) atoms. The fraction of sp³-hybridized carbons (Fsp3) is 0.500. The Morgan fingerprint density at radius 1 is 1.35 bits per heavy atom. The van der Waals surface area contributed by atoms with Crippen molar-refractivity contribution >= 4 is 17.0 Å². The van der Waals surface area contributed by atoms with Gasteiger partial charge in [-0.3, -0.25) is 4.90 Å². The van der Waals surface area contributed by atoms with E-state index in [1.54, 1.807) is 6.07 Å². The molecule has 0 spiro atoms. The molecule has 2 heterocycles. The molecule has 1 atom stereocenters. The highest BCUT2D eigenvalue weighted by molar-refractivity contribution is 5.78. The third kappa shape index (κ3) is 2.36. The molecule has 0 radical (unpaired) electrons. The largest absolute Gasteiger partial charge is 0.369 e. The SMILES string of the molecule is CN1CCN(C)C(Cn2c(N)nc3cc(F)ccc32)C1. The van der Waals surface area contributed by atoms with Crippen molar-refractivity contribution in [3.63, 3.8) is 0 Å². The maximum absolute atomic E-state index is 13.2. The number of benzene rings is 1. The zero-order valence-electron chi connectivity index (χ0n) is 11.9. The summed E-state index contributed by atoms with van der Waals surface area (Å²) in [4.78, 5) is 8.91. The number of hydrogen-bond acceptors (Lipinski definition) is 4. The number of nitrogens with two attached hydrogens (primary N) is 1. The number of imidazole rings is 1. The van der Waals surface area contributed by atoms with Crippen molar-refractivity contribution in [1.29, 1.82) is 0 Å². The summed E-state index contributed by atoms with van der Waals surface area (Å²) in [6, 6.07) is 5.02. The van der Waals surface area contributed by atoms with Gasteiger partial charge >= 0.3 is 0 Å². The van der Waals surface area contributed by atoms with Gasteiger partial charge in [-0.25, -0.2) is 9.37 Å². The lowest BCUT2D eigenvalue weighted by Crippen LogP contribution is -2.51. The molecule has 0 amide bonds. The fourth-order valence-corrected chi connectivity index (χ4v) is 2.82. The molecule has 1 aliphatic rings. The van der Waals surface area contributed by atoms with Crippen LogP contribution in [0.15, 0.2) is 18.2 Å². The minimum atomic E-state index is -0.281. The van der Waals surface area contributed by atoms with Crippen LogP contribution in [0.3, 0.4) is 0 Å². The van der Waals surface area contributed by atoms with Crippen LogP contribution in [0.5, 0.6) is 0 Å². The van der Waals surface area contributed by atoms with Crippen molar-refractivity contribution in [2.45, 2.75) is 12.6 Å². The first kappa shape index (κ1) is 13.3. The van der Waals surface area contributed by atoms with E-state index in [4.69, 9.17) is 5.73 Å². The molecule has 0 saturated carbocycles. The van der Waals surface area contributed by atoms with E-state index in [-0.39, 0.29) is 5.82 Å². The summed E-state index contributed by atoms with van der Waals surface area (Å²) in [5.74, 6) is 0.170. The van der Waals surface area contributed by atoms with Crippen LogP contribution in [0.4, 0.5) is 10.3 Å². The standard InChI is InChI=1S/C14H20FN5/c1-18-5-6-19(2)11(8-18)9-20-13-4-3-10(15)7-12(13)17-14(20)16/h3-4,7,11H,5-6,8-9H2,1-2H3,(H2,16,17). The molecule has 1 unspecified atom stereocenters. The lowest BCUT2D eigenvalue weighted by atomic mass is 10.2. The quantitative estimate of drug-likeness (QED) is 0.890. The monoisotopic (exact) mass is 277 g/mol. The molecule has 3 rings (SSSR count). The van der Waals surface area contributed by atoms with E-state index in [2.05, 4.69) is 28.9 Å². The molecular weight excluding hydrogens is 257 g/mol. The van der Waals surface area contributed by atoms with Crippen LogP contribution in [0.2, 0.25) is 0 Å². The molecule has 1 saturated heterocycles. The van der Waals surface area contributed by atoms with Crippen molar-refractivity contribution < 1.29 is 4.39 Å². The second-order valence-corrected chi connectivity index (χ2v) is 5.61. The van der Waals surface area contributed by atoms with E-state index in [1.807, 2.05) is 4.57 Å². The highest BCUT2D eigenvalue weighted by Gasteiger charge is 2.24. The third-order valence-electron chi connectivity index (χ3n) is 4.11. The predicted molar refractivity (Wildman–Crippen MR) is 78.0 cm³/mol. The lowest BCUT2D eigenvalue weighted by molar-refractivity contribution is 0.104. The Kier molecular flexibility index (Phi) is 3.35. The van der Waals surface area contributed by atoms with Crippen molar-refractivity contribution in [3.8, 4) is 0 Å². The van der Waals surface area contributed by atoms with E-state index < -0.39 is 0 Å². The summed E-state index contributed by atoms with van der Waals surface area (Å²) in [6.07, 6.45) is 0. The maximum atomic E-state index is 13.2. The van der Waals surface area contributed by atoms with Gasteiger partial charge in [0, 0.05) is 38.3 Å². The first-order valence-electron chi connectivity index (χ1n) is 6.84. The molecule has 1 aromatic carbocycles. The number of likely N-dealkylation sites (N-methyl/N-ethyl adjacent to an activating group) is 2. The molecule has 108 valence electrons. The number of fused-ring (bicyclic) bond motifs is 1. The Bertz CT molecular complexity index is 623. The topological polar surface area (TPSA) is 50.3 Å². The van der Waals surface area contributed by atoms with E-state index in [0.29, 0.717) is 17.5 Å². The van der Waals surface area contributed by atoms with Crippen LogP contribution in [-0.4, -0.2) is 59.1 Å². The summed E-state index contributed by atoms with van der Waals surface area (Å²) in [5, 5.41) is 0. The second kappa shape index (κ2) is 5.03. The number of hydrogen-bond donors (Lipinski definition) is 1. The summed E-state index contributed by atoms with van der Waals surface area (Å²) < 4.78 is 15.2. The fourth-order valence-electron chi connectivity index (χ4n) is 2.82. The first-order chi connectivity index (χ1) is 9.54. The van der Waals surface area contributed by atoms with Gasteiger partial charge < -0.3 is 15.2 Å². The van der Waals surface area contributed by atoms with Gasteiger partial charge in [0.2, 0.25) is 5.95 Å². The van der Waals surface area contributed by atoms with Crippen molar-refractivity contribution in [2.24, 2.45) is 0 Å². The Morgan fingerprint density at radius 3 is 2.95 bits per heavy atom. The van der Waals surface area contributed by atoms with Crippen LogP contribution in [0.25, 0.3) is 11.0 Å². The molecule has 1 fully saturated rings. The Morgan fingerprint density at radius 2 is 2.15 bits per heavy atom. The molecule has 1 aromatic heterocycles. The first-order valence-corrected chi connectivity index (χ1v) is 6.84. The Hall–Kier alpha value is -1.66. The summed E-state index contributed by atoms with van der Waals surface area (Å²) in [5.41, 5.74) is 7.51. The molecule has 1 aliphatic heterocycles. The average molecular weight is 277 g/mol. The van der Waals surface area contributed by atoms with Gasteiger partial charge in [0.05, 0.1) is 11.0 Å². The number of nitrogens with zero attached hydrogens (tertiary/aromatic N) is 4. The summed E-state index contributed by atoms with van der Waals surface area (Å²) >= 11 is 0. The molecular formula is C14H20FN5.